The predicted molar refractivity (Wildman–Crippen MR) is 73.0 cm³/mol. The molecular weight excluding hydrogens is 264 g/mol. The van der Waals surface area contributed by atoms with Crippen LogP contribution in [0.1, 0.15) is 5.01 Å². The zero-order valence-corrected chi connectivity index (χ0v) is 11.0. The van der Waals surface area contributed by atoms with E-state index in [9.17, 15) is 5.21 Å². The van der Waals surface area contributed by atoms with Crippen LogP contribution in [0.15, 0.2) is 30.3 Å². The Kier molecular flexibility index (Phi) is 3.58. The van der Waals surface area contributed by atoms with Crippen molar-refractivity contribution in [3.8, 4) is 5.75 Å². The molecule has 2 aromatic rings. The van der Waals surface area contributed by atoms with Gasteiger partial charge in [0.2, 0.25) is 5.13 Å². The second-order valence-electron chi connectivity index (χ2n) is 4.19. The highest BCUT2D eigenvalue weighted by molar-refractivity contribution is 7.15. The van der Waals surface area contributed by atoms with Crippen molar-refractivity contribution in [3.63, 3.8) is 0 Å². The minimum absolute atomic E-state index is 0.369. The summed E-state index contributed by atoms with van der Waals surface area (Å²) in [5.74, 6) is 0.811. The molecule has 1 aromatic heterocycles. The van der Waals surface area contributed by atoms with Crippen molar-refractivity contribution in [3.05, 3.63) is 40.5 Å². The maximum Gasteiger partial charge on any atom is 0.209 e. The SMILES string of the molecule is [O-]N1CCN(c2nnc(COc3ccccc3)s2)C1. The summed E-state index contributed by atoms with van der Waals surface area (Å²) in [5.41, 5.74) is 0. The van der Waals surface area contributed by atoms with Gasteiger partial charge >= 0.3 is 0 Å². The Hall–Kier alpha value is -1.70. The number of benzene rings is 1. The lowest BCUT2D eigenvalue weighted by atomic mass is 10.3. The minimum atomic E-state index is 0.369. The third-order valence-corrected chi connectivity index (χ3v) is 3.74. The van der Waals surface area contributed by atoms with Crippen LogP contribution >= 0.6 is 11.3 Å². The van der Waals surface area contributed by atoms with E-state index in [0.717, 1.165) is 21.0 Å². The van der Waals surface area contributed by atoms with E-state index in [2.05, 4.69) is 10.2 Å². The molecule has 0 saturated carbocycles. The van der Waals surface area contributed by atoms with Gasteiger partial charge in [-0.3, -0.25) is 0 Å². The smallest absolute Gasteiger partial charge is 0.209 e. The third kappa shape index (κ3) is 3.01. The van der Waals surface area contributed by atoms with Crippen LogP contribution in [-0.2, 0) is 6.61 Å². The molecule has 0 atom stereocenters. The third-order valence-electron chi connectivity index (χ3n) is 2.78. The van der Waals surface area contributed by atoms with Gasteiger partial charge in [0.1, 0.15) is 12.4 Å². The van der Waals surface area contributed by atoms with E-state index >= 15 is 0 Å². The zero-order valence-electron chi connectivity index (χ0n) is 10.2. The van der Waals surface area contributed by atoms with Crippen LogP contribution < -0.4 is 9.64 Å². The summed E-state index contributed by atoms with van der Waals surface area (Å²) in [6.45, 7) is 2.00. The molecule has 1 fully saturated rings. The standard InChI is InChI=1S/C12H13N4O2S/c17-16-7-6-15(9-16)12-14-13-11(19-12)8-18-10-4-2-1-3-5-10/h1-5H,6-9H2/q-1. The Morgan fingerprint density at radius 2 is 2.05 bits per heavy atom. The van der Waals surface area contributed by atoms with Gasteiger partial charge in [-0.2, -0.15) is 0 Å². The van der Waals surface area contributed by atoms with E-state index in [1.807, 2.05) is 35.2 Å². The Labute approximate surface area is 114 Å². The average Bonchev–Trinajstić information content (AvgIpc) is 3.06. The van der Waals surface area contributed by atoms with Gasteiger partial charge in [-0.1, -0.05) is 29.5 Å². The summed E-state index contributed by atoms with van der Waals surface area (Å²) in [6.07, 6.45) is 0. The average molecular weight is 277 g/mol. The van der Waals surface area contributed by atoms with E-state index in [1.54, 1.807) is 0 Å². The maximum absolute atomic E-state index is 11.2. The fraction of sp³-hybridized carbons (Fsp3) is 0.333. The largest absolute Gasteiger partial charge is 0.784 e. The molecule has 0 unspecified atom stereocenters. The van der Waals surface area contributed by atoms with E-state index in [-0.39, 0.29) is 0 Å². The highest BCUT2D eigenvalue weighted by atomic mass is 32.1. The number of para-hydroxylation sites is 1. The molecule has 3 rings (SSSR count). The van der Waals surface area contributed by atoms with Gasteiger partial charge in [0, 0.05) is 13.1 Å². The molecule has 100 valence electrons. The topological polar surface area (TPSA) is 64.5 Å². The van der Waals surface area contributed by atoms with Gasteiger partial charge in [-0.05, 0) is 12.1 Å². The predicted octanol–water partition coefficient (Wildman–Crippen LogP) is 1.69. The lowest BCUT2D eigenvalue weighted by molar-refractivity contribution is 0.304. The number of hydrogen-bond acceptors (Lipinski definition) is 7. The Balaban J connectivity index is 1.59. The van der Waals surface area contributed by atoms with Crippen molar-refractivity contribution < 1.29 is 4.74 Å². The van der Waals surface area contributed by atoms with Crippen molar-refractivity contribution in [1.29, 1.82) is 0 Å². The van der Waals surface area contributed by atoms with Crippen LogP contribution in [-0.4, -0.2) is 35.0 Å². The van der Waals surface area contributed by atoms with Crippen LogP contribution in [0.2, 0.25) is 0 Å². The molecule has 0 amide bonds. The molecule has 2 heterocycles. The number of hydroxylamine groups is 2. The summed E-state index contributed by atoms with van der Waals surface area (Å²) in [5, 5.41) is 21.9. The molecule has 0 bridgehead atoms. The molecule has 0 aliphatic carbocycles. The first kappa shape index (κ1) is 12.3. The van der Waals surface area contributed by atoms with E-state index in [1.165, 1.54) is 11.3 Å². The Morgan fingerprint density at radius 1 is 1.21 bits per heavy atom. The van der Waals surface area contributed by atoms with Crippen LogP contribution in [0.5, 0.6) is 5.75 Å². The van der Waals surface area contributed by atoms with Crippen molar-refractivity contribution in [2.24, 2.45) is 0 Å². The molecular formula is C12H13N4O2S-. The lowest BCUT2D eigenvalue weighted by Gasteiger charge is -2.20. The fourth-order valence-corrected chi connectivity index (χ4v) is 2.58. The van der Waals surface area contributed by atoms with Gasteiger partial charge in [-0.25, -0.2) is 0 Å². The van der Waals surface area contributed by atoms with Gasteiger partial charge in [0.25, 0.3) is 0 Å². The van der Waals surface area contributed by atoms with Crippen molar-refractivity contribution >= 4 is 16.5 Å². The van der Waals surface area contributed by atoms with Gasteiger partial charge in [0.05, 0.1) is 6.67 Å². The lowest BCUT2D eigenvalue weighted by Crippen LogP contribution is -2.21. The molecule has 7 heteroatoms. The second-order valence-corrected chi connectivity index (χ2v) is 5.23. The number of nitrogens with zero attached hydrogens (tertiary/aromatic N) is 4. The van der Waals surface area contributed by atoms with E-state index < -0.39 is 0 Å². The van der Waals surface area contributed by atoms with Crippen LogP contribution in [0.4, 0.5) is 5.13 Å². The monoisotopic (exact) mass is 277 g/mol. The first-order valence-electron chi connectivity index (χ1n) is 5.98. The summed E-state index contributed by atoms with van der Waals surface area (Å²) >= 11 is 1.46. The highest BCUT2D eigenvalue weighted by Crippen LogP contribution is 2.23. The number of aromatic nitrogens is 2. The maximum atomic E-state index is 11.2. The summed E-state index contributed by atoms with van der Waals surface area (Å²) < 4.78 is 5.61. The normalized spacial score (nSPS) is 15.9. The molecule has 1 saturated heterocycles. The van der Waals surface area contributed by atoms with Gasteiger partial charge in [-0.15, -0.1) is 10.2 Å². The number of rotatable bonds is 4. The zero-order chi connectivity index (χ0) is 13.1. The number of hydrogen-bond donors (Lipinski definition) is 0. The number of ether oxygens (including phenoxy) is 1. The quantitative estimate of drug-likeness (QED) is 0.847. The van der Waals surface area contributed by atoms with Crippen LogP contribution in [0, 0.1) is 5.21 Å². The molecule has 19 heavy (non-hydrogen) atoms. The summed E-state index contributed by atoms with van der Waals surface area (Å²) in [6, 6.07) is 9.59. The van der Waals surface area contributed by atoms with Crippen LogP contribution in [0.3, 0.4) is 0 Å². The first-order valence-corrected chi connectivity index (χ1v) is 6.80. The summed E-state index contributed by atoms with van der Waals surface area (Å²) in [4.78, 5) is 1.93. The van der Waals surface area contributed by atoms with E-state index in [0.29, 0.717) is 26.4 Å². The fourth-order valence-electron chi connectivity index (χ4n) is 1.81. The minimum Gasteiger partial charge on any atom is -0.784 e. The Bertz CT molecular complexity index is 534. The number of anilines is 1. The summed E-state index contributed by atoms with van der Waals surface area (Å²) in [7, 11) is 0. The Morgan fingerprint density at radius 3 is 2.79 bits per heavy atom. The second kappa shape index (κ2) is 5.52. The molecule has 1 aromatic carbocycles. The molecule has 0 radical (unpaired) electrons. The van der Waals surface area contributed by atoms with Gasteiger partial charge in [0.15, 0.2) is 5.01 Å². The highest BCUT2D eigenvalue weighted by Gasteiger charge is 2.17. The molecule has 0 N–H and O–H groups in total. The van der Waals surface area contributed by atoms with Crippen molar-refractivity contribution in [2.45, 2.75) is 6.61 Å². The molecule has 1 aliphatic rings. The van der Waals surface area contributed by atoms with Crippen molar-refractivity contribution in [1.82, 2.24) is 15.3 Å². The van der Waals surface area contributed by atoms with Gasteiger partial charge < -0.3 is 19.9 Å². The first-order chi connectivity index (χ1) is 9.31. The molecule has 0 spiro atoms. The van der Waals surface area contributed by atoms with E-state index in [4.69, 9.17) is 4.74 Å². The van der Waals surface area contributed by atoms with Crippen LogP contribution in [0.25, 0.3) is 0 Å². The molecule has 1 aliphatic heterocycles. The molecule has 6 nitrogen and oxygen atoms in total. The van der Waals surface area contributed by atoms with Crippen molar-refractivity contribution in [2.75, 3.05) is 24.7 Å².